The van der Waals surface area contributed by atoms with Gasteiger partial charge in [0.25, 0.3) is 0 Å². The third-order valence-electron chi connectivity index (χ3n) is 2.43. The molecule has 88 valence electrons. The fourth-order valence-corrected chi connectivity index (χ4v) is 3.33. The van der Waals surface area contributed by atoms with Gasteiger partial charge in [0, 0.05) is 34.2 Å². The zero-order valence-electron chi connectivity index (χ0n) is 8.96. The Morgan fingerprint density at radius 2 is 2.56 bits per heavy atom. The Balaban J connectivity index is 2.05. The number of nitrogens with one attached hydrogen (secondary N) is 1. The first-order valence-corrected chi connectivity index (χ1v) is 6.82. The number of rotatable bonds is 1. The van der Waals surface area contributed by atoms with Gasteiger partial charge in [-0.2, -0.15) is 0 Å². The van der Waals surface area contributed by atoms with Crippen LogP contribution in [0.4, 0.5) is 4.79 Å². The first-order chi connectivity index (χ1) is 7.72. The van der Waals surface area contributed by atoms with Gasteiger partial charge in [0.05, 0.1) is 6.61 Å². The quantitative estimate of drug-likeness (QED) is 0.867. The first-order valence-electron chi connectivity index (χ1n) is 5.15. The molecule has 0 aliphatic carbocycles. The molecule has 2 heterocycles. The standard InChI is InChI=1S/C10H13BrN2O2S/c1-2-15-10(14)13-4-3-9-7(5-12-13)8(11)6-16-9/h6,12H,2-5H2,1H3. The summed E-state index contributed by atoms with van der Waals surface area (Å²) in [7, 11) is 0. The van der Waals surface area contributed by atoms with Crippen LogP contribution in [0.2, 0.25) is 0 Å². The molecule has 1 aromatic heterocycles. The van der Waals surface area contributed by atoms with Gasteiger partial charge in [-0.25, -0.2) is 15.2 Å². The largest absolute Gasteiger partial charge is 0.449 e. The van der Waals surface area contributed by atoms with Crippen molar-refractivity contribution >= 4 is 33.4 Å². The van der Waals surface area contributed by atoms with Crippen molar-refractivity contribution in [3.63, 3.8) is 0 Å². The molecule has 0 radical (unpaired) electrons. The van der Waals surface area contributed by atoms with Crippen molar-refractivity contribution in [2.45, 2.75) is 19.9 Å². The Labute approximate surface area is 107 Å². The lowest BCUT2D eigenvalue weighted by Crippen LogP contribution is -2.42. The SMILES string of the molecule is CCOC(=O)N1CCc2scc(Br)c2CN1. The second kappa shape index (κ2) is 5.16. The topological polar surface area (TPSA) is 41.6 Å². The van der Waals surface area contributed by atoms with E-state index in [1.54, 1.807) is 16.3 Å². The summed E-state index contributed by atoms with van der Waals surface area (Å²) in [6.07, 6.45) is 0.575. The molecule has 6 heteroatoms. The molecule has 1 aliphatic heterocycles. The van der Waals surface area contributed by atoms with Crippen molar-refractivity contribution in [3.05, 3.63) is 20.3 Å². The van der Waals surface area contributed by atoms with Gasteiger partial charge in [0.2, 0.25) is 0 Å². The van der Waals surface area contributed by atoms with E-state index in [-0.39, 0.29) is 6.09 Å². The van der Waals surface area contributed by atoms with Gasteiger partial charge >= 0.3 is 6.09 Å². The van der Waals surface area contributed by atoms with Gasteiger partial charge in [-0.15, -0.1) is 11.3 Å². The monoisotopic (exact) mass is 304 g/mol. The number of ether oxygens (including phenoxy) is 1. The summed E-state index contributed by atoms with van der Waals surface area (Å²) in [4.78, 5) is 12.9. The summed E-state index contributed by atoms with van der Waals surface area (Å²) in [6, 6.07) is 0. The average Bonchev–Trinajstić information content (AvgIpc) is 2.51. The summed E-state index contributed by atoms with van der Waals surface area (Å²) in [5, 5.41) is 3.63. The van der Waals surface area contributed by atoms with E-state index in [2.05, 4.69) is 26.7 Å². The van der Waals surface area contributed by atoms with E-state index in [1.807, 2.05) is 6.92 Å². The van der Waals surface area contributed by atoms with Crippen molar-refractivity contribution < 1.29 is 9.53 Å². The van der Waals surface area contributed by atoms with Crippen LogP contribution in [0, 0.1) is 0 Å². The Kier molecular flexibility index (Phi) is 3.83. The number of nitrogens with zero attached hydrogens (tertiary/aromatic N) is 1. The average molecular weight is 305 g/mol. The van der Waals surface area contributed by atoms with Crippen molar-refractivity contribution in [3.8, 4) is 0 Å². The maximum Gasteiger partial charge on any atom is 0.424 e. The van der Waals surface area contributed by atoms with Crippen molar-refractivity contribution in [2.75, 3.05) is 13.2 Å². The van der Waals surface area contributed by atoms with Gasteiger partial charge in [-0.3, -0.25) is 0 Å². The molecule has 1 aromatic rings. The number of hydrogen-bond donors (Lipinski definition) is 1. The minimum absolute atomic E-state index is 0.297. The number of carbonyl (C=O) groups excluding carboxylic acids is 1. The third kappa shape index (κ3) is 2.39. The smallest absolute Gasteiger partial charge is 0.424 e. The predicted molar refractivity (Wildman–Crippen MR) is 66.3 cm³/mol. The van der Waals surface area contributed by atoms with E-state index in [4.69, 9.17) is 4.74 Å². The Bertz CT molecular complexity index is 394. The number of fused-ring (bicyclic) bond motifs is 1. The minimum Gasteiger partial charge on any atom is -0.449 e. The number of amides is 1. The van der Waals surface area contributed by atoms with E-state index in [1.165, 1.54) is 10.4 Å². The summed E-state index contributed by atoms with van der Waals surface area (Å²) in [5.74, 6) is 0. The second-order valence-electron chi connectivity index (χ2n) is 3.42. The van der Waals surface area contributed by atoms with Crippen molar-refractivity contribution in [2.24, 2.45) is 0 Å². The van der Waals surface area contributed by atoms with E-state index in [0.29, 0.717) is 19.7 Å². The fraction of sp³-hybridized carbons (Fsp3) is 0.500. The van der Waals surface area contributed by atoms with Crippen LogP contribution in [-0.4, -0.2) is 24.3 Å². The molecule has 0 bridgehead atoms. The zero-order valence-corrected chi connectivity index (χ0v) is 11.4. The van der Waals surface area contributed by atoms with Crippen LogP contribution in [0.1, 0.15) is 17.4 Å². The van der Waals surface area contributed by atoms with Gasteiger partial charge in [0.15, 0.2) is 0 Å². The maximum absolute atomic E-state index is 11.5. The first kappa shape index (κ1) is 11.9. The highest BCUT2D eigenvalue weighted by Crippen LogP contribution is 2.29. The Hall–Kier alpha value is -0.590. The summed E-state index contributed by atoms with van der Waals surface area (Å²) in [5.41, 5.74) is 4.33. The third-order valence-corrected chi connectivity index (χ3v) is 4.53. The predicted octanol–water partition coefficient (Wildman–Crippen LogP) is 2.53. The van der Waals surface area contributed by atoms with Crippen molar-refractivity contribution in [1.82, 2.24) is 10.4 Å². The Morgan fingerprint density at radius 3 is 3.31 bits per heavy atom. The van der Waals surface area contributed by atoms with Crippen LogP contribution in [0.15, 0.2) is 9.85 Å². The van der Waals surface area contributed by atoms with E-state index < -0.39 is 0 Å². The molecule has 0 aromatic carbocycles. The van der Waals surface area contributed by atoms with Gasteiger partial charge in [-0.1, -0.05) is 0 Å². The van der Waals surface area contributed by atoms with Crippen LogP contribution in [0.25, 0.3) is 0 Å². The molecular weight excluding hydrogens is 292 g/mol. The molecule has 1 amide bonds. The number of halogens is 1. The van der Waals surface area contributed by atoms with Gasteiger partial charge < -0.3 is 4.74 Å². The molecule has 0 atom stereocenters. The molecule has 1 N–H and O–H groups in total. The molecule has 0 spiro atoms. The minimum atomic E-state index is -0.297. The van der Waals surface area contributed by atoms with Crippen LogP contribution >= 0.6 is 27.3 Å². The van der Waals surface area contributed by atoms with Crippen molar-refractivity contribution in [1.29, 1.82) is 0 Å². The molecular formula is C10H13BrN2O2S. The molecule has 0 saturated carbocycles. The highest BCUT2D eigenvalue weighted by atomic mass is 79.9. The number of hydrazine groups is 1. The molecule has 0 saturated heterocycles. The van der Waals surface area contributed by atoms with E-state index >= 15 is 0 Å². The molecule has 4 nitrogen and oxygen atoms in total. The lowest BCUT2D eigenvalue weighted by molar-refractivity contribution is 0.0874. The molecule has 2 rings (SSSR count). The van der Waals surface area contributed by atoms with Crippen LogP contribution in [-0.2, 0) is 17.7 Å². The number of carbonyl (C=O) groups is 1. The zero-order chi connectivity index (χ0) is 11.5. The number of hydrogen-bond acceptors (Lipinski definition) is 4. The summed E-state index contributed by atoms with van der Waals surface area (Å²) in [6.45, 7) is 3.53. The van der Waals surface area contributed by atoms with Crippen LogP contribution in [0.5, 0.6) is 0 Å². The lowest BCUT2D eigenvalue weighted by Gasteiger charge is -2.19. The summed E-state index contributed by atoms with van der Waals surface area (Å²) < 4.78 is 6.08. The highest BCUT2D eigenvalue weighted by Gasteiger charge is 2.21. The molecule has 1 aliphatic rings. The lowest BCUT2D eigenvalue weighted by atomic mass is 10.2. The molecule has 16 heavy (non-hydrogen) atoms. The molecule has 0 unspecified atom stereocenters. The summed E-state index contributed by atoms with van der Waals surface area (Å²) >= 11 is 5.24. The fourth-order valence-electron chi connectivity index (χ4n) is 1.62. The molecule has 0 fully saturated rings. The second-order valence-corrected chi connectivity index (χ2v) is 5.24. The number of thiophene rings is 1. The van der Waals surface area contributed by atoms with Crippen LogP contribution < -0.4 is 5.43 Å². The van der Waals surface area contributed by atoms with Crippen LogP contribution in [0.3, 0.4) is 0 Å². The van der Waals surface area contributed by atoms with Gasteiger partial charge in [0.1, 0.15) is 0 Å². The van der Waals surface area contributed by atoms with Gasteiger partial charge in [-0.05, 0) is 28.4 Å². The van der Waals surface area contributed by atoms with E-state index in [9.17, 15) is 4.79 Å². The Morgan fingerprint density at radius 1 is 1.75 bits per heavy atom. The maximum atomic E-state index is 11.5. The highest BCUT2D eigenvalue weighted by molar-refractivity contribution is 9.10. The van der Waals surface area contributed by atoms with E-state index in [0.717, 1.165) is 10.9 Å². The normalized spacial score (nSPS) is 15.5.